The normalized spacial score (nSPS) is 18.6. The van der Waals surface area contributed by atoms with Crippen LogP contribution in [0.15, 0.2) is 46.4 Å². The lowest BCUT2D eigenvalue weighted by molar-refractivity contribution is -0.121. The molecule has 11 heteroatoms. The number of nitrogens with one attached hydrogen (secondary N) is 3. The highest BCUT2D eigenvalue weighted by Gasteiger charge is 2.22. The number of nitrogen functional groups attached to an aromatic ring is 1. The highest BCUT2D eigenvalue weighted by Crippen LogP contribution is 2.31. The summed E-state index contributed by atoms with van der Waals surface area (Å²) >= 11 is 0. The van der Waals surface area contributed by atoms with Crippen LogP contribution in [0.25, 0.3) is 16.3 Å². The second-order valence-corrected chi connectivity index (χ2v) is 8.99. The number of amides is 1. The second kappa shape index (κ2) is 9.42. The van der Waals surface area contributed by atoms with E-state index in [0.29, 0.717) is 54.8 Å². The molecule has 0 aromatic carbocycles. The Morgan fingerprint density at radius 2 is 2.06 bits per heavy atom. The van der Waals surface area contributed by atoms with Gasteiger partial charge in [0.05, 0.1) is 23.2 Å². The average molecular weight is 488 g/mol. The summed E-state index contributed by atoms with van der Waals surface area (Å²) < 4.78 is 1.71. The molecular weight excluding hydrogens is 458 g/mol. The van der Waals surface area contributed by atoms with E-state index < -0.39 is 6.10 Å². The molecule has 0 saturated carbocycles. The number of pyridine rings is 2. The Bertz CT molecular complexity index is 1440. The van der Waals surface area contributed by atoms with Crippen LogP contribution in [0.1, 0.15) is 31.7 Å². The van der Waals surface area contributed by atoms with E-state index in [1.165, 1.54) is 0 Å². The molecule has 11 nitrogen and oxygen atoms in total. The van der Waals surface area contributed by atoms with Crippen LogP contribution in [-0.4, -0.2) is 56.7 Å². The lowest BCUT2D eigenvalue weighted by Gasteiger charge is -2.25. The second-order valence-electron chi connectivity index (χ2n) is 8.99. The third kappa shape index (κ3) is 4.40. The van der Waals surface area contributed by atoms with E-state index in [4.69, 9.17) is 5.73 Å². The molecule has 1 atom stereocenters. The number of hydrogen-bond donors (Lipinski definition) is 5. The van der Waals surface area contributed by atoms with Crippen LogP contribution in [0.4, 0.5) is 17.5 Å². The zero-order chi connectivity index (χ0) is 25.4. The van der Waals surface area contributed by atoms with Gasteiger partial charge in [0.2, 0.25) is 5.91 Å². The fourth-order valence-corrected chi connectivity index (χ4v) is 4.56. The Hall–Kier alpha value is -4.25. The zero-order valence-electron chi connectivity index (χ0n) is 20.3. The molecule has 0 radical (unpaired) electrons. The fourth-order valence-electron chi connectivity index (χ4n) is 4.56. The van der Waals surface area contributed by atoms with Gasteiger partial charge in [0.25, 0.3) is 0 Å². The van der Waals surface area contributed by atoms with Crippen LogP contribution in [-0.2, 0) is 17.8 Å². The largest absolute Gasteiger partial charge is 0.387 e. The molecule has 2 aliphatic heterocycles. The smallest absolute Gasteiger partial charge is 0.241 e. The molecule has 0 unspecified atom stereocenters. The van der Waals surface area contributed by atoms with Crippen molar-refractivity contribution in [3.8, 4) is 0 Å². The molecule has 0 aliphatic carbocycles. The SMILES string of the molecule is C=NC1=C(/C(C)=C(\C)c2cc3cc(Nc4cc5n(n4)CC(=O)NCC5)ncc3c(N)n2)NCC[C@@H]1O. The molecule has 3 aromatic heterocycles. The molecule has 1 amide bonds. The van der Waals surface area contributed by atoms with Crippen LogP contribution < -0.4 is 21.7 Å². The van der Waals surface area contributed by atoms with Crippen LogP contribution in [0.5, 0.6) is 0 Å². The zero-order valence-corrected chi connectivity index (χ0v) is 20.3. The first-order valence-corrected chi connectivity index (χ1v) is 11.8. The third-order valence-corrected chi connectivity index (χ3v) is 6.64. The maximum absolute atomic E-state index is 11.8. The van der Waals surface area contributed by atoms with Crippen LogP contribution >= 0.6 is 0 Å². The van der Waals surface area contributed by atoms with Crippen molar-refractivity contribution in [2.24, 2.45) is 4.99 Å². The van der Waals surface area contributed by atoms with Crippen LogP contribution in [0, 0.1) is 0 Å². The Balaban J connectivity index is 1.49. The topological polar surface area (TPSA) is 155 Å². The van der Waals surface area contributed by atoms with Gasteiger partial charge in [-0.1, -0.05) is 0 Å². The van der Waals surface area contributed by atoms with E-state index in [0.717, 1.165) is 33.3 Å². The maximum Gasteiger partial charge on any atom is 0.241 e. The monoisotopic (exact) mass is 487 g/mol. The van der Waals surface area contributed by atoms with Gasteiger partial charge >= 0.3 is 0 Å². The number of carbonyl (C=O) groups is 1. The van der Waals surface area contributed by atoms with Gasteiger partial charge in [0.1, 0.15) is 18.2 Å². The third-order valence-electron chi connectivity index (χ3n) is 6.64. The number of carbonyl (C=O) groups excluding carboxylic acids is 1. The van der Waals surface area contributed by atoms with Crippen molar-refractivity contribution >= 4 is 46.4 Å². The predicted octanol–water partition coefficient (Wildman–Crippen LogP) is 1.88. The molecule has 6 N–H and O–H groups in total. The van der Waals surface area contributed by atoms with Crippen LogP contribution in [0.2, 0.25) is 0 Å². The van der Waals surface area contributed by atoms with Gasteiger partial charge in [0.15, 0.2) is 5.82 Å². The number of nitrogens with two attached hydrogens (primary N) is 1. The first-order chi connectivity index (χ1) is 17.3. The number of aromatic nitrogens is 4. The highest BCUT2D eigenvalue weighted by molar-refractivity contribution is 5.94. The summed E-state index contributed by atoms with van der Waals surface area (Å²) in [4.78, 5) is 25.0. The maximum atomic E-state index is 11.8. The number of aliphatic imine (C=N–C) groups is 1. The summed E-state index contributed by atoms with van der Waals surface area (Å²) in [6.45, 7) is 8.99. The van der Waals surface area contributed by atoms with Gasteiger partial charge in [-0.25, -0.2) is 9.97 Å². The first kappa shape index (κ1) is 23.5. The molecule has 0 saturated heterocycles. The van der Waals surface area contributed by atoms with E-state index >= 15 is 0 Å². The number of anilines is 3. The summed E-state index contributed by atoms with van der Waals surface area (Å²) in [6.07, 6.45) is 2.34. The van der Waals surface area contributed by atoms with Gasteiger partial charge in [0, 0.05) is 42.9 Å². The minimum Gasteiger partial charge on any atom is -0.387 e. The molecule has 5 rings (SSSR count). The van der Waals surface area contributed by atoms with Crippen molar-refractivity contribution in [2.45, 2.75) is 39.3 Å². The van der Waals surface area contributed by atoms with E-state index in [1.54, 1.807) is 10.9 Å². The van der Waals surface area contributed by atoms with Gasteiger partial charge in [-0.15, -0.1) is 0 Å². The van der Waals surface area contributed by atoms with Gasteiger partial charge in [-0.05, 0) is 55.7 Å². The van der Waals surface area contributed by atoms with E-state index in [-0.39, 0.29) is 12.5 Å². The van der Waals surface area contributed by atoms with Crippen molar-refractivity contribution < 1.29 is 9.90 Å². The predicted molar refractivity (Wildman–Crippen MR) is 140 cm³/mol. The van der Waals surface area contributed by atoms with Gasteiger partial charge in [-0.3, -0.25) is 14.5 Å². The quantitative estimate of drug-likeness (QED) is 0.342. The summed E-state index contributed by atoms with van der Waals surface area (Å²) in [6, 6.07) is 5.79. The summed E-state index contributed by atoms with van der Waals surface area (Å²) in [5.74, 6) is 1.55. The fraction of sp³-hybridized carbons (Fsp3) is 0.320. The Morgan fingerprint density at radius 1 is 1.22 bits per heavy atom. The molecule has 3 aromatic rings. The van der Waals surface area contributed by atoms with Crippen molar-refractivity contribution in [1.29, 1.82) is 0 Å². The van der Waals surface area contributed by atoms with Crippen molar-refractivity contribution in [3.05, 3.63) is 52.8 Å². The average Bonchev–Trinajstić information content (AvgIpc) is 3.13. The molecule has 36 heavy (non-hydrogen) atoms. The highest BCUT2D eigenvalue weighted by atomic mass is 16.3. The van der Waals surface area contributed by atoms with Crippen LogP contribution in [0.3, 0.4) is 0 Å². The van der Waals surface area contributed by atoms with Gasteiger partial charge < -0.3 is 26.8 Å². The number of nitrogens with zero attached hydrogens (tertiary/aromatic N) is 5. The Kier molecular flexibility index (Phi) is 6.15. The minimum atomic E-state index is -0.650. The van der Waals surface area contributed by atoms with Crippen molar-refractivity contribution in [2.75, 3.05) is 24.1 Å². The van der Waals surface area contributed by atoms with E-state index in [2.05, 4.69) is 42.7 Å². The summed E-state index contributed by atoms with van der Waals surface area (Å²) in [5.41, 5.74) is 11.1. The van der Waals surface area contributed by atoms with Gasteiger partial charge in [-0.2, -0.15) is 5.10 Å². The van der Waals surface area contributed by atoms with Crippen molar-refractivity contribution in [3.63, 3.8) is 0 Å². The number of allylic oxidation sites excluding steroid dienone is 2. The van der Waals surface area contributed by atoms with Crippen molar-refractivity contribution in [1.82, 2.24) is 30.4 Å². The number of aliphatic hydroxyl groups excluding tert-OH is 1. The number of fused-ring (bicyclic) bond motifs is 2. The molecule has 2 aliphatic rings. The molecule has 0 spiro atoms. The molecule has 186 valence electrons. The first-order valence-electron chi connectivity index (χ1n) is 11.8. The Morgan fingerprint density at radius 3 is 2.86 bits per heavy atom. The molecular formula is C25H29N9O2. The summed E-state index contributed by atoms with van der Waals surface area (Å²) in [5, 5.41) is 25.9. The lowest BCUT2D eigenvalue weighted by atomic mass is 9.97. The number of aliphatic hydroxyl groups is 1. The van der Waals surface area contributed by atoms with E-state index in [1.807, 2.05) is 32.0 Å². The standard InChI is InChI=1S/C25H29N9O2/c1-13(14(2)23-24(27-3)19(35)5-7-29-23)18-8-15-9-20(30-11-17(15)25(26)31-18)32-21-10-16-4-6-28-22(36)12-34(16)33-21/h8-11,19,29,35H,3-7,12H2,1-2H3,(H2,26,31)(H,28,36)(H,30,32,33)/b14-13+/t19-/m0/s1. The summed E-state index contributed by atoms with van der Waals surface area (Å²) in [7, 11) is 0. The minimum absolute atomic E-state index is 0.0499. The Labute approximate surface area is 208 Å². The molecule has 0 bridgehead atoms. The number of rotatable bonds is 5. The number of hydrogen-bond acceptors (Lipinski definition) is 9. The van der Waals surface area contributed by atoms with E-state index in [9.17, 15) is 9.90 Å². The lowest BCUT2D eigenvalue weighted by Crippen LogP contribution is -2.30. The molecule has 0 fully saturated rings. The molecule has 5 heterocycles.